The normalized spacial score (nSPS) is 10.4. The number of aromatic amines is 1. The van der Waals surface area contributed by atoms with Crippen molar-refractivity contribution in [3.05, 3.63) is 84.2 Å². The number of nitrogens with one attached hydrogen (secondary N) is 1. The molecule has 3 aromatic carbocycles. The Morgan fingerprint density at radius 3 is 2.48 bits per heavy atom. The number of aromatic nitrogens is 2. The van der Waals surface area contributed by atoms with E-state index in [9.17, 15) is 4.79 Å². The van der Waals surface area contributed by atoms with Crippen molar-refractivity contribution >= 4 is 34.5 Å². The summed E-state index contributed by atoms with van der Waals surface area (Å²) in [6, 6.07) is 21.5. The Bertz CT molecular complexity index is 1180. The number of benzene rings is 3. The molecule has 1 aromatic heterocycles. The number of fused-ring (bicyclic) bond motifs is 1. The molecular weight excluding hydrogens is 386 g/mol. The second-order valence-electron chi connectivity index (χ2n) is 6.00. The first-order valence-electron chi connectivity index (χ1n) is 8.73. The average molecular weight is 401 g/mol. The Kier molecular flexibility index (Phi) is 5.45. The van der Waals surface area contributed by atoms with Crippen molar-refractivity contribution in [2.24, 2.45) is 0 Å². The second kappa shape index (κ2) is 8.50. The van der Waals surface area contributed by atoms with Crippen LogP contribution in [0.3, 0.4) is 0 Å². The third-order valence-electron chi connectivity index (χ3n) is 3.93. The van der Waals surface area contributed by atoms with Crippen molar-refractivity contribution in [1.29, 1.82) is 0 Å². The number of thioether (sulfide) groups is 1. The quantitative estimate of drug-likeness (QED) is 0.197. The van der Waals surface area contributed by atoms with E-state index in [0.717, 1.165) is 16.8 Å². The van der Waals surface area contributed by atoms with E-state index >= 15 is 0 Å². The van der Waals surface area contributed by atoms with E-state index in [1.807, 2.05) is 30.3 Å². The minimum atomic E-state index is -0.381. The van der Waals surface area contributed by atoms with Gasteiger partial charge in [0.2, 0.25) is 0 Å². The smallest absolute Gasteiger partial charge is 0.321 e. The lowest BCUT2D eigenvalue weighted by atomic mass is 10.3. The first kappa shape index (κ1) is 18.6. The lowest BCUT2D eigenvalue weighted by Gasteiger charge is -2.07. The van der Waals surface area contributed by atoms with Crippen molar-refractivity contribution in [3.8, 4) is 17.2 Å². The van der Waals surface area contributed by atoms with Gasteiger partial charge in [0.15, 0.2) is 10.8 Å². The molecule has 0 unspecified atom stereocenters. The van der Waals surface area contributed by atoms with E-state index in [-0.39, 0.29) is 11.7 Å². The number of imidazole rings is 1. The van der Waals surface area contributed by atoms with Gasteiger partial charge >= 0.3 is 5.97 Å². The van der Waals surface area contributed by atoms with Crippen molar-refractivity contribution in [2.45, 2.75) is 5.16 Å². The molecular formula is C22H15N3O3S. The molecule has 142 valence electrons. The van der Waals surface area contributed by atoms with Crippen LogP contribution in [0.5, 0.6) is 17.2 Å². The fraction of sp³-hybridized carbons (Fsp3) is 0.0455. The Hall–Kier alpha value is -3.76. The van der Waals surface area contributed by atoms with Crippen LogP contribution in [0.1, 0.15) is 0 Å². The molecule has 1 heterocycles. The van der Waals surface area contributed by atoms with Crippen LogP contribution in [-0.4, -0.2) is 21.7 Å². The van der Waals surface area contributed by atoms with E-state index < -0.39 is 0 Å². The summed E-state index contributed by atoms with van der Waals surface area (Å²) in [6.07, 6.45) is 0. The van der Waals surface area contributed by atoms with E-state index in [4.69, 9.17) is 16.0 Å². The van der Waals surface area contributed by atoms with Crippen molar-refractivity contribution in [3.63, 3.8) is 0 Å². The van der Waals surface area contributed by atoms with Gasteiger partial charge in [-0.1, -0.05) is 36.0 Å². The number of carbonyl (C=O) groups is 1. The standard InChI is InChI=1S/C22H15N3O3S/c1-23-15-7-12-19-20(13-15)25-22(24-19)29-14-21(26)28-18-10-8-17(9-11-18)27-16-5-3-2-4-6-16/h2-13H,14H2,(H,24,25). The maximum atomic E-state index is 12.1. The Balaban J connectivity index is 1.32. The van der Waals surface area contributed by atoms with E-state index in [2.05, 4.69) is 14.8 Å². The van der Waals surface area contributed by atoms with Crippen molar-refractivity contribution in [2.75, 3.05) is 5.75 Å². The van der Waals surface area contributed by atoms with Gasteiger partial charge in [-0.05, 0) is 48.5 Å². The van der Waals surface area contributed by atoms with Crippen LogP contribution in [0.15, 0.2) is 78.0 Å². The molecule has 4 rings (SSSR count). The minimum absolute atomic E-state index is 0.109. The molecule has 0 saturated heterocycles. The Labute approximate surface area is 171 Å². The monoisotopic (exact) mass is 401 g/mol. The molecule has 0 aliphatic carbocycles. The summed E-state index contributed by atoms with van der Waals surface area (Å²) in [5, 5.41) is 0.602. The lowest BCUT2D eigenvalue weighted by molar-refractivity contribution is -0.131. The van der Waals surface area contributed by atoms with Gasteiger partial charge < -0.3 is 14.5 Å². The van der Waals surface area contributed by atoms with Crippen LogP contribution in [0.25, 0.3) is 15.9 Å². The highest BCUT2D eigenvalue weighted by molar-refractivity contribution is 7.99. The molecule has 4 aromatic rings. The molecule has 0 aliphatic heterocycles. The van der Waals surface area contributed by atoms with Gasteiger partial charge in [-0.3, -0.25) is 4.79 Å². The molecule has 0 amide bonds. The van der Waals surface area contributed by atoms with E-state index in [1.54, 1.807) is 42.5 Å². The Morgan fingerprint density at radius 1 is 1.00 bits per heavy atom. The highest BCUT2D eigenvalue weighted by atomic mass is 32.2. The second-order valence-corrected chi connectivity index (χ2v) is 6.97. The molecule has 0 spiro atoms. The van der Waals surface area contributed by atoms with Crippen LogP contribution < -0.4 is 9.47 Å². The maximum absolute atomic E-state index is 12.1. The molecule has 0 fully saturated rings. The van der Waals surface area contributed by atoms with E-state index in [1.165, 1.54) is 11.8 Å². The van der Waals surface area contributed by atoms with Crippen LogP contribution >= 0.6 is 11.8 Å². The maximum Gasteiger partial charge on any atom is 0.321 e. The summed E-state index contributed by atoms with van der Waals surface area (Å²) < 4.78 is 11.1. The zero-order valence-corrected chi connectivity index (χ0v) is 16.0. The number of rotatable bonds is 6. The summed E-state index contributed by atoms with van der Waals surface area (Å²) in [5.74, 6) is 1.57. The van der Waals surface area contributed by atoms with E-state index in [0.29, 0.717) is 22.3 Å². The summed E-state index contributed by atoms with van der Waals surface area (Å²) in [4.78, 5) is 23.0. The first-order chi connectivity index (χ1) is 14.2. The topological polar surface area (TPSA) is 68.6 Å². The summed E-state index contributed by atoms with van der Waals surface area (Å²) in [6.45, 7) is 7.06. The molecule has 7 heteroatoms. The molecule has 0 atom stereocenters. The molecule has 0 bridgehead atoms. The number of hydrogen-bond donors (Lipinski definition) is 1. The zero-order valence-electron chi connectivity index (χ0n) is 15.2. The van der Waals surface area contributed by atoms with Gasteiger partial charge in [0.1, 0.15) is 17.2 Å². The molecule has 0 radical (unpaired) electrons. The highest BCUT2D eigenvalue weighted by Gasteiger charge is 2.10. The Morgan fingerprint density at radius 2 is 1.72 bits per heavy atom. The van der Waals surface area contributed by atoms with Gasteiger partial charge in [-0.25, -0.2) is 9.83 Å². The van der Waals surface area contributed by atoms with Crippen LogP contribution in [0, 0.1) is 6.57 Å². The van der Waals surface area contributed by atoms with Gasteiger partial charge in [0.05, 0.1) is 23.4 Å². The van der Waals surface area contributed by atoms with Crippen molar-refractivity contribution < 1.29 is 14.3 Å². The predicted octanol–water partition coefficient (Wildman–Crippen LogP) is 5.60. The third kappa shape index (κ3) is 4.75. The van der Waals surface area contributed by atoms with Gasteiger partial charge in [0.25, 0.3) is 0 Å². The van der Waals surface area contributed by atoms with Crippen LogP contribution in [0.4, 0.5) is 5.69 Å². The first-order valence-corrected chi connectivity index (χ1v) is 9.72. The number of para-hydroxylation sites is 1. The molecule has 0 saturated carbocycles. The number of carbonyl (C=O) groups excluding carboxylic acids is 1. The fourth-order valence-corrected chi connectivity index (χ4v) is 3.26. The summed E-state index contributed by atoms with van der Waals surface area (Å²) in [7, 11) is 0. The number of H-pyrrole nitrogens is 1. The number of hydrogen-bond acceptors (Lipinski definition) is 5. The van der Waals surface area contributed by atoms with Crippen LogP contribution in [-0.2, 0) is 4.79 Å². The predicted molar refractivity (Wildman–Crippen MR) is 112 cm³/mol. The molecule has 29 heavy (non-hydrogen) atoms. The SMILES string of the molecule is [C-]#[N+]c1ccc2nc(SCC(=O)Oc3ccc(Oc4ccccc4)cc3)[nH]c2c1. The average Bonchev–Trinajstić information content (AvgIpc) is 3.16. The number of nitrogens with zero attached hydrogens (tertiary/aromatic N) is 2. The van der Waals surface area contributed by atoms with Gasteiger partial charge in [-0.15, -0.1) is 0 Å². The fourth-order valence-electron chi connectivity index (χ4n) is 2.60. The summed E-state index contributed by atoms with van der Waals surface area (Å²) >= 11 is 1.25. The van der Waals surface area contributed by atoms with Gasteiger partial charge in [0, 0.05) is 0 Å². The molecule has 6 nitrogen and oxygen atoms in total. The third-order valence-corrected chi connectivity index (χ3v) is 4.78. The largest absolute Gasteiger partial charge is 0.457 e. The zero-order chi connectivity index (χ0) is 20.1. The van der Waals surface area contributed by atoms with Crippen LogP contribution in [0.2, 0.25) is 0 Å². The number of ether oxygens (including phenoxy) is 2. The highest BCUT2D eigenvalue weighted by Crippen LogP contribution is 2.25. The molecule has 0 aliphatic rings. The summed E-state index contributed by atoms with van der Waals surface area (Å²) in [5.41, 5.74) is 2.06. The number of esters is 1. The van der Waals surface area contributed by atoms with Crippen molar-refractivity contribution in [1.82, 2.24) is 9.97 Å². The van der Waals surface area contributed by atoms with Gasteiger partial charge in [-0.2, -0.15) is 0 Å². The lowest BCUT2D eigenvalue weighted by Crippen LogP contribution is -2.10. The molecule has 1 N–H and O–H groups in total. The minimum Gasteiger partial charge on any atom is -0.457 e.